The molecular formula is C14H24N4. The fourth-order valence-corrected chi connectivity index (χ4v) is 3.95. The molecule has 3 rings (SSSR count). The number of aromatic nitrogens is 2. The highest BCUT2D eigenvalue weighted by atomic mass is 15.3. The van der Waals surface area contributed by atoms with E-state index in [-0.39, 0.29) is 0 Å². The molecule has 2 aliphatic heterocycles. The van der Waals surface area contributed by atoms with Crippen LogP contribution < -0.4 is 5.32 Å². The largest absolute Gasteiger partial charge is 0.311 e. The summed E-state index contributed by atoms with van der Waals surface area (Å²) >= 11 is 0. The van der Waals surface area contributed by atoms with Gasteiger partial charge in [0.25, 0.3) is 0 Å². The summed E-state index contributed by atoms with van der Waals surface area (Å²) in [5.74, 6) is 0.735. The topological polar surface area (TPSA) is 33.1 Å². The maximum atomic E-state index is 4.59. The van der Waals surface area contributed by atoms with Crippen molar-refractivity contribution in [2.75, 3.05) is 14.1 Å². The lowest BCUT2D eigenvalue weighted by Gasteiger charge is -2.39. The van der Waals surface area contributed by atoms with Crippen LogP contribution in [-0.4, -0.2) is 40.9 Å². The third kappa shape index (κ3) is 1.97. The van der Waals surface area contributed by atoms with E-state index < -0.39 is 0 Å². The van der Waals surface area contributed by atoms with E-state index in [4.69, 9.17) is 0 Å². The third-order valence-corrected chi connectivity index (χ3v) is 4.97. The first-order valence-corrected chi connectivity index (χ1v) is 7.07. The van der Waals surface area contributed by atoms with Gasteiger partial charge in [-0.05, 0) is 51.8 Å². The molecule has 0 radical (unpaired) electrons. The molecule has 0 saturated carbocycles. The second-order valence-corrected chi connectivity index (χ2v) is 5.96. The molecule has 4 nitrogen and oxygen atoms in total. The summed E-state index contributed by atoms with van der Waals surface area (Å²) in [6.45, 7) is 0. The standard InChI is InChI=1S/C14H24N4/c1-15-14(13-6-7-17(2)16-13)10-8-11-4-5-12(9-10)18(11)3/h6-7,10-12,14-15H,4-5,8-9H2,1-3H3. The summed E-state index contributed by atoms with van der Waals surface area (Å²) in [6, 6.07) is 4.17. The van der Waals surface area contributed by atoms with Gasteiger partial charge in [0.1, 0.15) is 0 Å². The number of hydrogen-bond acceptors (Lipinski definition) is 3. The number of aryl methyl sites for hydroxylation is 1. The van der Waals surface area contributed by atoms with Gasteiger partial charge in [0.05, 0.1) is 11.7 Å². The van der Waals surface area contributed by atoms with Crippen molar-refractivity contribution >= 4 is 0 Å². The third-order valence-electron chi connectivity index (χ3n) is 4.97. The summed E-state index contributed by atoms with van der Waals surface area (Å²) in [4.78, 5) is 2.60. The number of fused-ring (bicyclic) bond motifs is 2. The average Bonchev–Trinajstić information content (AvgIpc) is 2.83. The van der Waals surface area contributed by atoms with Crippen molar-refractivity contribution in [3.05, 3.63) is 18.0 Å². The van der Waals surface area contributed by atoms with Crippen LogP contribution in [0.15, 0.2) is 12.3 Å². The van der Waals surface area contributed by atoms with Gasteiger partial charge in [-0.25, -0.2) is 0 Å². The molecule has 0 spiro atoms. The van der Waals surface area contributed by atoms with Crippen molar-refractivity contribution in [1.82, 2.24) is 20.0 Å². The lowest BCUT2D eigenvalue weighted by molar-refractivity contribution is 0.113. The zero-order valence-corrected chi connectivity index (χ0v) is 11.6. The van der Waals surface area contributed by atoms with Crippen LogP contribution in [0.2, 0.25) is 0 Å². The van der Waals surface area contributed by atoms with Gasteiger partial charge in [-0.3, -0.25) is 4.68 Å². The molecule has 1 aromatic heterocycles. The Balaban J connectivity index is 1.77. The van der Waals surface area contributed by atoms with Gasteiger partial charge in [0.2, 0.25) is 0 Å². The number of rotatable bonds is 3. The van der Waals surface area contributed by atoms with Gasteiger partial charge in [0, 0.05) is 25.3 Å². The first-order chi connectivity index (χ1) is 8.69. The Labute approximate surface area is 109 Å². The van der Waals surface area contributed by atoms with Gasteiger partial charge in [-0.2, -0.15) is 5.10 Å². The Kier molecular flexibility index (Phi) is 3.16. The van der Waals surface area contributed by atoms with Gasteiger partial charge in [0.15, 0.2) is 0 Å². The molecule has 0 aromatic carbocycles. The molecule has 1 aromatic rings. The van der Waals surface area contributed by atoms with E-state index in [0.29, 0.717) is 6.04 Å². The lowest BCUT2D eigenvalue weighted by Crippen LogP contribution is -2.43. The quantitative estimate of drug-likeness (QED) is 0.881. The van der Waals surface area contributed by atoms with E-state index >= 15 is 0 Å². The molecule has 18 heavy (non-hydrogen) atoms. The van der Waals surface area contributed by atoms with Crippen LogP contribution in [-0.2, 0) is 7.05 Å². The smallest absolute Gasteiger partial charge is 0.0796 e. The average molecular weight is 248 g/mol. The Morgan fingerprint density at radius 2 is 1.94 bits per heavy atom. The molecule has 3 heterocycles. The number of nitrogens with one attached hydrogen (secondary N) is 1. The predicted octanol–water partition coefficient (Wildman–Crippen LogP) is 1.55. The summed E-state index contributed by atoms with van der Waals surface area (Å²) < 4.78 is 1.91. The normalized spacial score (nSPS) is 33.8. The van der Waals surface area contributed by atoms with E-state index in [0.717, 1.165) is 18.0 Å². The van der Waals surface area contributed by atoms with Crippen molar-refractivity contribution in [2.45, 2.75) is 43.8 Å². The second kappa shape index (κ2) is 4.67. The van der Waals surface area contributed by atoms with Crippen LogP contribution in [0, 0.1) is 5.92 Å². The summed E-state index contributed by atoms with van der Waals surface area (Å²) in [6.07, 6.45) is 7.44. The van der Waals surface area contributed by atoms with Crippen molar-refractivity contribution in [3.8, 4) is 0 Å². The van der Waals surface area contributed by atoms with Crippen LogP contribution >= 0.6 is 0 Å². The van der Waals surface area contributed by atoms with Gasteiger partial charge >= 0.3 is 0 Å². The Bertz CT molecular complexity index is 400. The molecule has 2 fully saturated rings. The minimum absolute atomic E-state index is 0.419. The van der Waals surface area contributed by atoms with Gasteiger partial charge < -0.3 is 10.2 Å². The molecule has 2 bridgehead atoms. The fourth-order valence-electron chi connectivity index (χ4n) is 3.95. The van der Waals surface area contributed by atoms with Gasteiger partial charge in [-0.15, -0.1) is 0 Å². The molecular weight excluding hydrogens is 224 g/mol. The van der Waals surface area contributed by atoms with Crippen molar-refractivity contribution in [1.29, 1.82) is 0 Å². The first-order valence-electron chi connectivity index (χ1n) is 7.07. The molecule has 2 saturated heterocycles. The van der Waals surface area contributed by atoms with Crippen LogP contribution in [0.1, 0.15) is 37.4 Å². The molecule has 4 heteroatoms. The molecule has 100 valence electrons. The Morgan fingerprint density at radius 1 is 1.28 bits per heavy atom. The fraction of sp³-hybridized carbons (Fsp3) is 0.786. The summed E-state index contributed by atoms with van der Waals surface area (Å²) in [7, 11) is 6.36. The highest BCUT2D eigenvalue weighted by Crippen LogP contribution is 2.41. The Hall–Kier alpha value is -0.870. The minimum atomic E-state index is 0.419. The van der Waals surface area contributed by atoms with Crippen molar-refractivity contribution in [2.24, 2.45) is 13.0 Å². The Morgan fingerprint density at radius 3 is 2.44 bits per heavy atom. The summed E-state index contributed by atoms with van der Waals surface area (Å²) in [5, 5.41) is 8.08. The monoisotopic (exact) mass is 248 g/mol. The highest BCUT2D eigenvalue weighted by molar-refractivity contribution is 5.09. The predicted molar refractivity (Wildman–Crippen MR) is 72.3 cm³/mol. The lowest BCUT2D eigenvalue weighted by atomic mass is 9.84. The molecule has 0 aliphatic carbocycles. The number of nitrogens with zero attached hydrogens (tertiary/aromatic N) is 3. The summed E-state index contributed by atoms with van der Waals surface area (Å²) in [5.41, 5.74) is 1.20. The number of hydrogen-bond donors (Lipinski definition) is 1. The number of piperidine rings is 1. The van der Waals surface area contributed by atoms with Crippen LogP contribution in [0.5, 0.6) is 0 Å². The SMILES string of the molecule is CNC(c1ccn(C)n1)C1CC2CCC(C1)N2C. The van der Waals surface area contributed by atoms with E-state index in [1.54, 1.807) is 0 Å². The second-order valence-electron chi connectivity index (χ2n) is 5.96. The first kappa shape index (κ1) is 12.2. The highest BCUT2D eigenvalue weighted by Gasteiger charge is 2.41. The zero-order valence-electron chi connectivity index (χ0n) is 11.6. The minimum Gasteiger partial charge on any atom is -0.311 e. The van der Waals surface area contributed by atoms with Crippen LogP contribution in [0.4, 0.5) is 0 Å². The van der Waals surface area contributed by atoms with E-state index in [1.807, 2.05) is 17.9 Å². The molecule has 0 amide bonds. The molecule has 3 atom stereocenters. The van der Waals surface area contributed by atoms with E-state index in [2.05, 4.69) is 35.5 Å². The molecule has 3 unspecified atom stereocenters. The van der Waals surface area contributed by atoms with E-state index in [1.165, 1.54) is 31.4 Å². The van der Waals surface area contributed by atoms with Crippen LogP contribution in [0.3, 0.4) is 0 Å². The zero-order chi connectivity index (χ0) is 12.7. The van der Waals surface area contributed by atoms with Crippen molar-refractivity contribution in [3.63, 3.8) is 0 Å². The van der Waals surface area contributed by atoms with Gasteiger partial charge in [-0.1, -0.05) is 0 Å². The molecule has 2 aliphatic rings. The maximum Gasteiger partial charge on any atom is 0.0796 e. The van der Waals surface area contributed by atoms with Crippen LogP contribution in [0.25, 0.3) is 0 Å². The van der Waals surface area contributed by atoms with E-state index in [9.17, 15) is 0 Å². The van der Waals surface area contributed by atoms with Crippen molar-refractivity contribution < 1.29 is 0 Å². The molecule has 1 N–H and O–H groups in total. The maximum absolute atomic E-state index is 4.59.